The molecule has 0 radical (unpaired) electrons. The number of nitrogens with one attached hydrogen (secondary N) is 4. The van der Waals surface area contributed by atoms with Crippen molar-refractivity contribution in [2.45, 2.75) is 213 Å². The number of anilines is 1. The highest BCUT2D eigenvalue weighted by Crippen LogP contribution is 2.24. The summed E-state index contributed by atoms with van der Waals surface area (Å²) in [5.74, 6) is -8.89. The minimum absolute atomic E-state index is 0.0194. The van der Waals surface area contributed by atoms with Gasteiger partial charge in [-0.05, 0) is 120 Å². The summed E-state index contributed by atoms with van der Waals surface area (Å²) in [4.78, 5) is 194. The van der Waals surface area contributed by atoms with E-state index in [-0.39, 0.29) is 56.4 Å². The van der Waals surface area contributed by atoms with Crippen LogP contribution in [0.15, 0.2) is 42.6 Å². The van der Waals surface area contributed by atoms with Gasteiger partial charge in [0, 0.05) is 100 Å². The maximum Gasteiger partial charge on any atom is 0.248 e. The lowest BCUT2D eigenvalue weighted by Gasteiger charge is -2.38. The Kier molecular flexibility index (Phi) is 32.5. The number of nitrogens with zero attached hydrogens (tertiary/aromatic N) is 10. The number of halogens is 1. The summed E-state index contributed by atoms with van der Waals surface area (Å²) in [6.07, 6.45) is 2.41. The first-order valence-corrected chi connectivity index (χ1v) is 35.1. The maximum absolute atomic E-state index is 15.4. The molecule has 0 unspecified atom stereocenters. The molecule has 0 spiro atoms. The molecule has 3 heterocycles. The predicted molar refractivity (Wildman–Crippen MR) is 378 cm³/mol. The number of rotatable bonds is 16. The molecule has 27 nitrogen and oxygen atoms in total. The first kappa shape index (κ1) is 83.5. The van der Waals surface area contributed by atoms with Crippen LogP contribution in [0.5, 0.6) is 0 Å². The van der Waals surface area contributed by atoms with Crippen LogP contribution in [-0.4, -0.2) is 269 Å². The molecule has 11 atom stereocenters. The number of hydrogen-bond acceptors (Lipinski definition) is 15. The Morgan fingerprint density at radius 2 is 1.11 bits per heavy atom. The molecular weight excluding hydrogens is 1290 g/mol. The lowest BCUT2D eigenvalue weighted by Crippen LogP contribution is -2.62. The van der Waals surface area contributed by atoms with E-state index in [1.807, 2.05) is 48.5 Å². The molecule has 28 heteroatoms. The summed E-state index contributed by atoms with van der Waals surface area (Å²) in [6.45, 7) is 18.5. The van der Waals surface area contributed by atoms with Gasteiger partial charge in [-0.15, -0.1) is 0 Å². The number of aliphatic hydroxyl groups excluding tert-OH is 1. The second kappa shape index (κ2) is 38.6. The molecule has 99 heavy (non-hydrogen) atoms. The van der Waals surface area contributed by atoms with Crippen LogP contribution in [0.1, 0.15) is 145 Å². The number of amides is 12. The summed E-state index contributed by atoms with van der Waals surface area (Å²) < 4.78 is 0. The molecule has 2 saturated heterocycles. The number of piperidine rings is 1. The van der Waals surface area contributed by atoms with Gasteiger partial charge in [-0.1, -0.05) is 84.7 Å². The van der Waals surface area contributed by atoms with E-state index < -0.39 is 150 Å². The first-order chi connectivity index (χ1) is 46.3. The van der Waals surface area contributed by atoms with E-state index >= 15 is 9.59 Å². The Bertz CT molecular complexity index is 3130. The van der Waals surface area contributed by atoms with Crippen molar-refractivity contribution < 1.29 is 62.6 Å². The highest BCUT2D eigenvalue weighted by atomic mass is 35.5. The number of carbonyl (C=O) groups excluding carboxylic acids is 12. The van der Waals surface area contributed by atoms with Crippen molar-refractivity contribution in [1.29, 1.82) is 0 Å². The molecule has 2 aliphatic rings. The van der Waals surface area contributed by atoms with E-state index in [1.54, 1.807) is 66.5 Å². The number of carbonyl (C=O) groups is 12. The fourth-order valence-electron chi connectivity index (χ4n) is 12.0. The fraction of sp³-hybridized carbons (Fsp3) is 0.676. The summed E-state index contributed by atoms with van der Waals surface area (Å²) in [5, 5.41) is 22.9. The molecule has 1 aromatic heterocycles. The summed E-state index contributed by atoms with van der Waals surface area (Å²) in [6, 6.07) is -3.47. The average Bonchev–Trinajstić information content (AvgIpc) is 0.821. The van der Waals surface area contributed by atoms with E-state index in [1.165, 1.54) is 89.6 Å². The largest absolute Gasteiger partial charge is 0.391 e. The highest BCUT2D eigenvalue weighted by molar-refractivity contribution is 6.30. The standard InChI is InChI=1S/C71H113ClN14O13/c1-20-21-30-86-41-60(89)82(17)55(34-43(4)5)64(92)76-54(69(97)85-31-23-22-24-32-85)39-59(88)79(14)45(8)62(90)75-53(37-50-28-29-58(73-40-50)78(12)13)67(95)81(16)47(10)66(94)80(15)46(9)63(91)74-52(33-42(2)3)68(96)84(19)57(38-49-26-25-27-51(72)36-49)70(98)83(18)56(35-44(6)7)65(93)77-61(48(11)87)71(86)99/h25-29,36,40,42-48,52-57,61,87H,20-24,30-35,37-39,41H2,1-19H3,(H,74,91)(H,75,90)(H,76,92)(H,77,93)/t45-,46-,47-,48+,52-,53-,54-,55-,56-,57-,61-/m0/s1. The molecule has 1 aromatic carbocycles. The Balaban J connectivity index is 1.94. The summed E-state index contributed by atoms with van der Waals surface area (Å²) >= 11 is 6.49. The lowest BCUT2D eigenvalue weighted by atomic mass is 9.97. The number of likely N-dealkylation sites (tertiary alicyclic amines) is 1. The van der Waals surface area contributed by atoms with Gasteiger partial charge < -0.3 is 70.5 Å². The molecule has 5 N–H and O–H groups in total. The summed E-state index contributed by atoms with van der Waals surface area (Å²) in [7, 11) is 11.9. The second-order valence-electron chi connectivity index (χ2n) is 28.3. The molecule has 552 valence electrons. The third-order valence-corrected chi connectivity index (χ3v) is 19.0. The van der Waals surface area contributed by atoms with Gasteiger partial charge in [-0.25, -0.2) is 4.98 Å². The Morgan fingerprint density at radius 1 is 0.576 bits per heavy atom. The molecule has 0 bridgehead atoms. The molecule has 12 amide bonds. The third kappa shape index (κ3) is 23.6. The quantitative estimate of drug-likeness (QED) is 0.161. The van der Waals surface area contributed by atoms with Crippen LogP contribution >= 0.6 is 11.6 Å². The Morgan fingerprint density at radius 3 is 1.65 bits per heavy atom. The van der Waals surface area contributed by atoms with E-state index in [2.05, 4.69) is 26.3 Å². The van der Waals surface area contributed by atoms with Gasteiger partial charge in [0.25, 0.3) is 0 Å². The zero-order valence-electron chi connectivity index (χ0n) is 61.9. The minimum atomic E-state index is -1.67. The fourth-order valence-corrected chi connectivity index (χ4v) is 12.2. The van der Waals surface area contributed by atoms with Crippen LogP contribution in [0, 0.1) is 17.8 Å². The average molecular weight is 1410 g/mol. The molecule has 0 saturated carbocycles. The number of aliphatic hydroxyl groups is 1. The minimum Gasteiger partial charge on any atom is -0.391 e. The van der Waals surface area contributed by atoms with Crippen LogP contribution in [-0.2, 0) is 70.4 Å². The monoisotopic (exact) mass is 1400 g/mol. The highest BCUT2D eigenvalue weighted by Gasteiger charge is 2.43. The SMILES string of the molecule is CCCCN1CC(=O)N(C)[C@@H](CC(C)C)C(=O)N[C@H](C(=O)N2CCCCC2)CC(=O)N(C)[C@@H](C)C(=O)N[C@@H](Cc2ccc(N(C)C)nc2)C(=O)N(C)[C@@H](C)C(=O)N(C)[C@@H](C)C(=O)N[C@@H](CC(C)C)C(=O)N(C)[C@@H](Cc2cccc(Cl)c2)C(=O)N(C)[C@@H](CC(C)C)C(=O)N[C@@H]([C@@H](C)O)C1=O. The van der Waals surface area contributed by atoms with E-state index in [0.717, 1.165) is 21.1 Å². The van der Waals surface area contributed by atoms with Crippen LogP contribution in [0.3, 0.4) is 0 Å². The zero-order valence-corrected chi connectivity index (χ0v) is 62.7. The number of unbranched alkanes of at least 4 members (excludes halogenated alkanes) is 1. The number of pyridine rings is 1. The van der Waals surface area contributed by atoms with Crippen molar-refractivity contribution in [3.8, 4) is 0 Å². The predicted octanol–water partition coefficient (Wildman–Crippen LogP) is 3.11. The van der Waals surface area contributed by atoms with Crippen LogP contribution < -0.4 is 26.2 Å². The smallest absolute Gasteiger partial charge is 0.248 e. The molecular formula is C71H113ClN14O13. The van der Waals surface area contributed by atoms with Gasteiger partial charge in [-0.3, -0.25) is 57.5 Å². The first-order valence-electron chi connectivity index (χ1n) is 34.7. The van der Waals surface area contributed by atoms with E-state index in [0.29, 0.717) is 60.7 Å². The third-order valence-electron chi connectivity index (χ3n) is 18.8. The van der Waals surface area contributed by atoms with Crippen molar-refractivity contribution >= 4 is 88.3 Å². The van der Waals surface area contributed by atoms with Gasteiger partial charge in [0.15, 0.2) is 0 Å². The lowest BCUT2D eigenvalue weighted by molar-refractivity contribution is -0.151. The van der Waals surface area contributed by atoms with Crippen molar-refractivity contribution in [2.75, 3.05) is 87.5 Å². The molecule has 2 fully saturated rings. The molecule has 0 aliphatic carbocycles. The van der Waals surface area contributed by atoms with Gasteiger partial charge in [0.05, 0.1) is 19.1 Å². The van der Waals surface area contributed by atoms with Gasteiger partial charge in [0.1, 0.15) is 66.2 Å². The Hall–Kier alpha value is -7.94. The summed E-state index contributed by atoms with van der Waals surface area (Å²) in [5.41, 5.74) is 1.07. The maximum atomic E-state index is 15.4. The number of likely N-dealkylation sites (N-methyl/N-ethyl adjacent to an activating group) is 6. The topological polar surface area (TPSA) is 315 Å². The van der Waals surface area contributed by atoms with Gasteiger partial charge in [-0.2, -0.15) is 0 Å². The van der Waals surface area contributed by atoms with E-state index in [4.69, 9.17) is 11.6 Å². The van der Waals surface area contributed by atoms with E-state index in [9.17, 15) is 53.1 Å². The Labute approximate surface area is 591 Å². The van der Waals surface area contributed by atoms with Crippen LogP contribution in [0.25, 0.3) is 0 Å². The van der Waals surface area contributed by atoms with Gasteiger partial charge in [0.2, 0.25) is 70.9 Å². The molecule has 4 rings (SSSR count). The van der Waals surface area contributed by atoms with Crippen molar-refractivity contribution in [1.82, 2.24) is 65.5 Å². The zero-order chi connectivity index (χ0) is 74.6. The van der Waals surface area contributed by atoms with Crippen LogP contribution in [0.4, 0.5) is 5.82 Å². The number of benzene rings is 1. The van der Waals surface area contributed by atoms with Crippen molar-refractivity contribution in [3.63, 3.8) is 0 Å². The number of hydrogen-bond donors (Lipinski definition) is 5. The second-order valence-corrected chi connectivity index (χ2v) is 28.8. The molecule has 2 aliphatic heterocycles. The number of aromatic nitrogens is 1. The van der Waals surface area contributed by atoms with Crippen molar-refractivity contribution in [3.05, 3.63) is 58.7 Å². The van der Waals surface area contributed by atoms with Gasteiger partial charge >= 0.3 is 0 Å². The van der Waals surface area contributed by atoms with Crippen molar-refractivity contribution in [2.24, 2.45) is 17.8 Å². The normalized spacial score (nSPS) is 25.1. The molecule has 2 aromatic rings. The van der Waals surface area contributed by atoms with Crippen LogP contribution in [0.2, 0.25) is 5.02 Å².